The van der Waals surface area contributed by atoms with E-state index in [0.29, 0.717) is 12.5 Å². The van der Waals surface area contributed by atoms with Crippen LogP contribution in [0.4, 0.5) is 0 Å². The summed E-state index contributed by atoms with van der Waals surface area (Å²) in [5, 5.41) is 12.2. The highest BCUT2D eigenvalue weighted by Crippen LogP contribution is 2.21. The Kier molecular flexibility index (Phi) is 6.39. The number of benzene rings is 1. The molecule has 1 saturated heterocycles. The molecule has 1 heterocycles. The first-order valence-corrected chi connectivity index (χ1v) is 8.91. The second-order valence-corrected chi connectivity index (χ2v) is 7.43. The van der Waals surface area contributed by atoms with Crippen molar-refractivity contribution in [1.29, 1.82) is 5.26 Å². The van der Waals surface area contributed by atoms with Crippen molar-refractivity contribution in [3.63, 3.8) is 0 Å². The van der Waals surface area contributed by atoms with Crippen LogP contribution in [0.15, 0.2) is 30.3 Å². The van der Waals surface area contributed by atoms with Crippen molar-refractivity contribution < 1.29 is 4.79 Å². The molecule has 0 aromatic heterocycles. The zero-order valence-corrected chi connectivity index (χ0v) is 15.1. The largest absolute Gasteiger partial charge is 0.337 e. The van der Waals surface area contributed by atoms with E-state index in [9.17, 15) is 10.1 Å². The van der Waals surface area contributed by atoms with Gasteiger partial charge in [0.15, 0.2) is 0 Å². The number of piperidine rings is 1. The lowest BCUT2D eigenvalue weighted by Crippen LogP contribution is -2.52. The summed E-state index contributed by atoms with van der Waals surface area (Å²) < 4.78 is 0. The predicted octanol–water partition coefficient (Wildman–Crippen LogP) is 3.00. The van der Waals surface area contributed by atoms with E-state index < -0.39 is 5.54 Å². The van der Waals surface area contributed by atoms with Crippen LogP contribution in [0, 0.1) is 23.2 Å². The van der Waals surface area contributed by atoms with Gasteiger partial charge in [0, 0.05) is 0 Å². The molecule has 0 radical (unpaired) electrons. The average molecular weight is 327 g/mol. The normalized spacial score (nSPS) is 18.8. The molecule has 4 heteroatoms. The Balaban J connectivity index is 1.77. The van der Waals surface area contributed by atoms with Gasteiger partial charge in [0.2, 0.25) is 5.91 Å². The lowest BCUT2D eigenvalue weighted by molar-refractivity contribution is -0.124. The van der Waals surface area contributed by atoms with Gasteiger partial charge in [0.1, 0.15) is 5.54 Å². The van der Waals surface area contributed by atoms with Crippen molar-refractivity contribution in [2.24, 2.45) is 11.8 Å². The van der Waals surface area contributed by atoms with E-state index >= 15 is 0 Å². The van der Waals surface area contributed by atoms with Gasteiger partial charge in [-0.3, -0.25) is 9.69 Å². The van der Waals surface area contributed by atoms with Gasteiger partial charge in [0.25, 0.3) is 0 Å². The summed E-state index contributed by atoms with van der Waals surface area (Å²) in [6.45, 7) is 8.01. The second-order valence-electron chi connectivity index (χ2n) is 7.43. The summed E-state index contributed by atoms with van der Waals surface area (Å²) in [6, 6.07) is 12.8. The molecule has 0 saturated carbocycles. The average Bonchev–Trinajstić information content (AvgIpc) is 2.57. The number of nitrogens with zero attached hydrogens (tertiary/aromatic N) is 2. The molecule has 1 aliphatic rings. The van der Waals surface area contributed by atoms with E-state index in [1.54, 1.807) is 6.92 Å². The molecule has 0 spiro atoms. The molecule has 4 nitrogen and oxygen atoms in total. The lowest BCUT2D eigenvalue weighted by atomic mass is 9.89. The van der Waals surface area contributed by atoms with Gasteiger partial charge >= 0.3 is 0 Å². The molecule has 0 unspecified atom stereocenters. The highest BCUT2D eigenvalue weighted by molar-refractivity contribution is 5.79. The second kappa shape index (κ2) is 8.30. The molecule has 1 aromatic carbocycles. The van der Waals surface area contributed by atoms with Crippen LogP contribution < -0.4 is 5.32 Å². The molecule has 1 fully saturated rings. The molecule has 1 amide bonds. The smallest absolute Gasteiger partial charge is 0.235 e. The summed E-state index contributed by atoms with van der Waals surface area (Å²) in [6.07, 6.45) is 3.38. The van der Waals surface area contributed by atoms with E-state index in [1.165, 1.54) is 5.56 Å². The van der Waals surface area contributed by atoms with Crippen molar-refractivity contribution in [2.75, 3.05) is 19.6 Å². The number of nitrogens with one attached hydrogen (secondary N) is 1. The number of amides is 1. The van der Waals surface area contributed by atoms with Crippen LogP contribution in [0.2, 0.25) is 0 Å². The van der Waals surface area contributed by atoms with Gasteiger partial charge in [-0.25, -0.2) is 0 Å². The van der Waals surface area contributed by atoms with Crippen LogP contribution in [-0.4, -0.2) is 36.0 Å². The number of hydrogen-bond acceptors (Lipinski definition) is 3. The third-order valence-electron chi connectivity index (χ3n) is 5.23. The number of rotatable bonds is 6. The molecule has 1 N–H and O–H groups in total. The molecule has 1 atom stereocenters. The zero-order chi connectivity index (χ0) is 17.6. The van der Waals surface area contributed by atoms with Crippen LogP contribution >= 0.6 is 0 Å². The van der Waals surface area contributed by atoms with Crippen molar-refractivity contribution in [2.45, 2.75) is 45.6 Å². The molecule has 2 rings (SSSR count). The molecule has 1 aliphatic heterocycles. The Morgan fingerprint density at radius 2 is 1.96 bits per heavy atom. The third-order valence-corrected chi connectivity index (χ3v) is 5.23. The summed E-state index contributed by atoms with van der Waals surface area (Å²) in [4.78, 5) is 14.5. The Labute approximate surface area is 145 Å². The van der Waals surface area contributed by atoms with Gasteiger partial charge < -0.3 is 5.32 Å². The fraction of sp³-hybridized carbons (Fsp3) is 0.600. The molecular weight excluding hydrogens is 298 g/mol. The maximum absolute atomic E-state index is 12.3. The summed E-state index contributed by atoms with van der Waals surface area (Å²) in [5.74, 6) is 0.740. The van der Waals surface area contributed by atoms with Crippen molar-refractivity contribution in [3.8, 4) is 6.07 Å². The predicted molar refractivity (Wildman–Crippen MR) is 96.3 cm³/mol. The fourth-order valence-electron chi connectivity index (χ4n) is 3.13. The molecule has 24 heavy (non-hydrogen) atoms. The van der Waals surface area contributed by atoms with Crippen LogP contribution in [-0.2, 0) is 11.2 Å². The standard InChI is InChI=1S/C20H29N3O/c1-16(2)20(3,15-21)22-19(24)14-23-11-9-18(10-12-23)13-17-7-5-4-6-8-17/h4-8,16,18H,9-14H2,1-3H3,(H,22,24)/t20-/m0/s1. The summed E-state index contributed by atoms with van der Waals surface area (Å²) in [5.41, 5.74) is 0.610. The monoisotopic (exact) mass is 327 g/mol. The molecule has 0 aliphatic carbocycles. The topological polar surface area (TPSA) is 56.1 Å². The first-order valence-electron chi connectivity index (χ1n) is 8.91. The fourth-order valence-corrected chi connectivity index (χ4v) is 3.13. The van der Waals surface area contributed by atoms with E-state index in [2.05, 4.69) is 46.6 Å². The number of nitriles is 1. The van der Waals surface area contributed by atoms with Crippen molar-refractivity contribution in [1.82, 2.24) is 10.2 Å². The number of carbonyl (C=O) groups is 1. The SMILES string of the molecule is CC(C)[C@](C)(C#N)NC(=O)CN1CCC(Cc2ccccc2)CC1. The van der Waals surface area contributed by atoms with Crippen molar-refractivity contribution in [3.05, 3.63) is 35.9 Å². The lowest BCUT2D eigenvalue weighted by Gasteiger charge is -2.33. The quantitative estimate of drug-likeness (QED) is 0.874. The Morgan fingerprint density at radius 3 is 2.50 bits per heavy atom. The Morgan fingerprint density at radius 1 is 1.33 bits per heavy atom. The maximum Gasteiger partial charge on any atom is 0.235 e. The van der Waals surface area contributed by atoms with E-state index in [-0.39, 0.29) is 11.8 Å². The van der Waals surface area contributed by atoms with E-state index in [0.717, 1.165) is 32.4 Å². The number of carbonyl (C=O) groups excluding carboxylic acids is 1. The van der Waals surface area contributed by atoms with Gasteiger partial charge in [-0.2, -0.15) is 5.26 Å². The van der Waals surface area contributed by atoms with Crippen LogP contribution in [0.3, 0.4) is 0 Å². The van der Waals surface area contributed by atoms with Gasteiger partial charge in [0.05, 0.1) is 12.6 Å². The highest BCUT2D eigenvalue weighted by atomic mass is 16.2. The summed E-state index contributed by atoms with van der Waals surface area (Å²) >= 11 is 0. The van der Waals surface area contributed by atoms with Gasteiger partial charge in [-0.15, -0.1) is 0 Å². The number of hydrogen-bond donors (Lipinski definition) is 1. The Bertz CT molecular complexity index is 570. The first-order chi connectivity index (χ1) is 11.4. The van der Waals surface area contributed by atoms with E-state index in [1.807, 2.05) is 13.8 Å². The minimum Gasteiger partial charge on any atom is -0.337 e. The van der Waals surface area contributed by atoms with Crippen LogP contribution in [0.25, 0.3) is 0 Å². The molecule has 0 bridgehead atoms. The minimum absolute atomic E-state index is 0.0470. The maximum atomic E-state index is 12.3. The Hall–Kier alpha value is -1.86. The van der Waals surface area contributed by atoms with Crippen LogP contribution in [0.5, 0.6) is 0 Å². The van der Waals surface area contributed by atoms with E-state index in [4.69, 9.17) is 0 Å². The minimum atomic E-state index is -0.789. The molecule has 130 valence electrons. The number of likely N-dealkylation sites (tertiary alicyclic amines) is 1. The molecular formula is C20H29N3O. The third kappa shape index (κ3) is 5.07. The van der Waals surface area contributed by atoms with Gasteiger partial charge in [-0.05, 0) is 56.7 Å². The van der Waals surface area contributed by atoms with Gasteiger partial charge in [-0.1, -0.05) is 44.2 Å². The first kappa shape index (κ1) is 18.5. The summed E-state index contributed by atoms with van der Waals surface area (Å²) in [7, 11) is 0. The van der Waals surface area contributed by atoms with Crippen LogP contribution in [0.1, 0.15) is 39.2 Å². The van der Waals surface area contributed by atoms with Crippen molar-refractivity contribution >= 4 is 5.91 Å². The highest BCUT2D eigenvalue weighted by Gasteiger charge is 2.31. The molecule has 1 aromatic rings. The zero-order valence-electron chi connectivity index (χ0n) is 15.1.